The molecule has 3 aromatic carbocycles. The zero-order chi connectivity index (χ0) is 56.4. The first-order chi connectivity index (χ1) is 36.8. The number of ether oxygens (including phenoxy) is 1. The molecule has 1 amide bonds. The second kappa shape index (κ2) is 33.1. The molecule has 412 valence electrons. The lowest BCUT2D eigenvalue weighted by atomic mass is 9.85. The Bertz CT molecular complexity index is 2760. The lowest BCUT2D eigenvalue weighted by Crippen LogP contribution is -2.50. The smallest absolute Gasteiger partial charge is 0.214 e. The van der Waals surface area contributed by atoms with Gasteiger partial charge in [-0.3, -0.25) is 24.4 Å². The van der Waals surface area contributed by atoms with Crippen molar-refractivity contribution in [3.63, 3.8) is 0 Å². The predicted molar refractivity (Wildman–Crippen MR) is 313 cm³/mol. The molecule has 0 spiro atoms. The Hall–Kier alpha value is -6.14. The fraction of sp³-hybridized carbons (Fsp3) is 0.441. The molecule has 2 unspecified atom stereocenters. The van der Waals surface area contributed by atoms with E-state index in [0.29, 0.717) is 53.0 Å². The summed E-state index contributed by atoms with van der Waals surface area (Å²) in [5.74, 6) is 0.652. The van der Waals surface area contributed by atoms with Crippen molar-refractivity contribution in [1.29, 1.82) is 0 Å². The number of aldehydes is 4. The van der Waals surface area contributed by atoms with Gasteiger partial charge in [-0.1, -0.05) is 68.8 Å². The van der Waals surface area contributed by atoms with Gasteiger partial charge < -0.3 is 49.9 Å². The maximum absolute atomic E-state index is 12.2. The summed E-state index contributed by atoms with van der Waals surface area (Å²) in [6, 6.07) is 24.2. The highest BCUT2D eigenvalue weighted by Crippen LogP contribution is 2.45. The van der Waals surface area contributed by atoms with E-state index in [4.69, 9.17) is 31.5 Å². The fourth-order valence-electron chi connectivity index (χ4n) is 9.39. The number of amides is 1. The number of carbonyl (C=O) groups excluding carboxylic acids is 5. The third-order valence-electron chi connectivity index (χ3n) is 13.3. The van der Waals surface area contributed by atoms with E-state index >= 15 is 0 Å². The summed E-state index contributed by atoms with van der Waals surface area (Å²) in [7, 11) is 7.92. The van der Waals surface area contributed by atoms with E-state index in [1.54, 1.807) is 0 Å². The predicted octanol–water partition coefficient (Wildman–Crippen LogP) is 10.4. The molecule has 2 aliphatic heterocycles. The van der Waals surface area contributed by atoms with E-state index in [1.807, 2.05) is 95.7 Å². The molecule has 2 saturated heterocycles. The number of halogens is 1. The molecule has 0 bridgehead atoms. The summed E-state index contributed by atoms with van der Waals surface area (Å²) in [6.45, 7) is 15.4. The topological polar surface area (TPSA) is 195 Å². The maximum Gasteiger partial charge on any atom is 0.214 e. The Morgan fingerprint density at radius 3 is 2.22 bits per heavy atom. The summed E-state index contributed by atoms with van der Waals surface area (Å²) in [6.07, 6.45) is 11.1. The first-order valence-electron chi connectivity index (χ1n) is 25.9. The zero-order valence-electron chi connectivity index (χ0n) is 46.3. The van der Waals surface area contributed by atoms with Crippen molar-refractivity contribution in [3.05, 3.63) is 106 Å². The van der Waals surface area contributed by atoms with E-state index in [-0.39, 0.29) is 24.3 Å². The SMILES string of the molecule is CC.CCc1ccc2ncc(N3CCC(c4ccc(N(C=O)C(C=O)CCC=O)c5c(C)cccc45)CC3)cc2n1.CN1CCC(Nc2cccc(-c3sc(C=O)c(OCC=O)c3Cl)c2)CC1(C)C.CNC.CO.CO. The molecule has 6 aromatic rings. The minimum Gasteiger partial charge on any atom is -0.483 e. The van der Waals surface area contributed by atoms with Gasteiger partial charge in [-0.15, -0.1) is 11.3 Å². The number of aliphatic hydroxyl groups excluding tert-OH is 2. The third kappa shape index (κ3) is 16.7. The number of thiophene rings is 1. The van der Waals surface area contributed by atoms with Gasteiger partial charge in [0.25, 0.3) is 0 Å². The van der Waals surface area contributed by atoms with Crippen molar-refractivity contribution in [1.82, 2.24) is 20.2 Å². The minimum atomic E-state index is -0.678. The first-order valence-corrected chi connectivity index (χ1v) is 27.1. The number of pyridine rings is 2. The first kappa shape index (κ1) is 64.1. The minimum absolute atomic E-state index is 0.135. The average molecular weight is 1080 g/mol. The Kier molecular flexibility index (Phi) is 27.9. The molecule has 2 atom stereocenters. The number of anilines is 3. The number of hydrogen-bond donors (Lipinski definition) is 4. The summed E-state index contributed by atoms with van der Waals surface area (Å²) in [5.41, 5.74) is 9.16. The number of fused-ring (bicyclic) bond motifs is 2. The van der Waals surface area contributed by atoms with Gasteiger partial charge in [-0.05, 0) is 145 Å². The van der Waals surface area contributed by atoms with Crippen molar-refractivity contribution in [2.45, 2.75) is 110 Å². The summed E-state index contributed by atoms with van der Waals surface area (Å²) < 4.78 is 5.35. The molecule has 0 aliphatic carbocycles. The van der Waals surface area contributed by atoms with Crippen LogP contribution in [-0.4, -0.2) is 136 Å². The zero-order valence-corrected chi connectivity index (χ0v) is 47.8. The van der Waals surface area contributed by atoms with Crippen molar-refractivity contribution in [3.8, 4) is 16.2 Å². The molecule has 0 saturated carbocycles. The largest absolute Gasteiger partial charge is 0.483 e. The molecule has 3 aromatic heterocycles. The van der Waals surface area contributed by atoms with Crippen LogP contribution < -0.4 is 25.2 Å². The number of hydrogen-bond acceptors (Lipinski definition) is 15. The quantitative estimate of drug-likeness (QED) is 0.0630. The lowest BCUT2D eigenvalue weighted by molar-refractivity contribution is -0.113. The normalized spacial score (nSPS) is 15.2. The highest BCUT2D eigenvalue weighted by molar-refractivity contribution is 7.18. The number of carbonyl (C=O) groups is 5. The Morgan fingerprint density at radius 1 is 0.908 bits per heavy atom. The van der Waals surface area contributed by atoms with Crippen molar-refractivity contribution in [2.75, 3.05) is 76.7 Å². The van der Waals surface area contributed by atoms with E-state index in [2.05, 4.69) is 71.4 Å². The number of aryl methyl sites for hydroxylation is 2. The molecule has 5 heterocycles. The van der Waals surface area contributed by atoms with Gasteiger partial charge in [-0.25, -0.2) is 0 Å². The van der Waals surface area contributed by atoms with Crippen LogP contribution in [0.1, 0.15) is 106 Å². The van der Waals surface area contributed by atoms with Crippen molar-refractivity contribution in [2.24, 2.45) is 0 Å². The van der Waals surface area contributed by atoms with Gasteiger partial charge in [0.2, 0.25) is 6.41 Å². The van der Waals surface area contributed by atoms with Crippen LogP contribution in [0.5, 0.6) is 5.75 Å². The second-order valence-electron chi connectivity index (χ2n) is 18.5. The lowest BCUT2D eigenvalue weighted by Gasteiger charge is -2.44. The van der Waals surface area contributed by atoms with Gasteiger partial charge in [0.05, 0.1) is 39.5 Å². The van der Waals surface area contributed by atoms with Crippen molar-refractivity contribution < 1.29 is 38.9 Å². The van der Waals surface area contributed by atoms with Crippen molar-refractivity contribution >= 4 is 93.4 Å². The Balaban J connectivity index is 0.000000362. The molecular formula is C59H80ClN7O8S. The summed E-state index contributed by atoms with van der Waals surface area (Å²) >= 11 is 7.73. The second-order valence-corrected chi connectivity index (χ2v) is 19.9. The number of benzene rings is 3. The van der Waals surface area contributed by atoms with Crippen LogP contribution in [0.3, 0.4) is 0 Å². The molecule has 4 N–H and O–H groups in total. The Morgan fingerprint density at radius 2 is 1.61 bits per heavy atom. The number of nitrogens with zero attached hydrogens (tertiary/aromatic N) is 5. The molecule has 8 rings (SSSR count). The van der Waals surface area contributed by atoms with Gasteiger partial charge in [0.15, 0.2) is 18.3 Å². The third-order valence-corrected chi connectivity index (χ3v) is 14.9. The molecule has 15 nitrogen and oxygen atoms in total. The van der Waals surface area contributed by atoms with Crippen LogP contribution in [0, 0.1) is 6.92 Å². The van der Waals surface area contributed by atoms with Gasteiger partial charge >= 0.3 is 0 Å². The van der Waals surface area contributed by atoms with E-state index in [0.717, 1.165) is 133 Å². The van der Waals surface area contributed by atoms with Gasteiger partial charge in [0, 0.05) is 68.6 Å². The van der Waals surface area contributed by atoms with Gasteiger partial charge in [-0.2, -0.15) is 0 Å². The molecular weight excluding hydrogens is 1000 g/mol. The van der Waals surface area contributed by atoms with Crippen LogP contribution >= 0.6 is 22.9 Å². The fourth-order valence-corrected chi connectivity index (χ4v) is 10.8. The summed E-state index contributed by atoms with van der Waals surface area (Å²) in [4.78, 5) is 73.7. The van der Waals surface area contributed by atoms with E-state index in [9.17, 15) is 24.0 Å². The molecule has 76 heavy (non-hydrogen) atoms. The van der Waals surface area contributed by atoms with Crippen LogP contribution in [-0.2, 0) is 25.6 Å². The van der Waals surface area contributed by atoms with Crippen LogP contribution in [0.2, 0.25) is 5.02 Å². The molecule has 0 radical (unpaired) electrons. The highest BCUT2D eigenvalue weighted by atomic mass is 35.5. The standard InChI is InChI=1S/C32H34N4O3.C21H25ClN2O3S.C2H7N.C2H6.2CH4O/c1-3-24-9-11-29-30(34-24)18-26(19-33-29)35-15-13-23(14-16-35)27-10-12-31(32-22(2)6-4-8-28(27)32)36(21-39)25(20-38)7-5-17-37;1-21(2)12-16(7-8-24(21)3)23-15-6-4-5-14(11-15)20-18(22)19(27-10-9-25)17(13-26)28-20;1-3-2;3*1-2/h4,6,8-12,17-21,23,25H,3,5,7,13-16H2,1-2H3;4-6,9,11,13,16,23H,7-8,10,12H2,1-3H3;3H,1-2H3;1-2H3;2*2H,1H3. The number of likely N-dealkylation sites (tertiary alicyclic amines) is 1. The molecule has 17 heteroatoms. The van der Waals surface area contributed by atoms with Crippen LogP contribution in [0.25, 0.3) is 32.2 Å². The van der Waals surface area contributed by atoms with Crippen LogP contribution in [0.4, 0.5) is 17.1 Å². The number of aromatic nitrogens is 2. The molecule has 2 aliphatic rings. The highest BCUT2D eigenvalue weighted by Gasteiger charge is 2.32. The average Bonchev–Trinajstić information content (AvgIpc) is 3.78. The van der Waals surface area contributed by atoms with E-state index in [1.165, 1.54) is 21.8 Å². The van der Waals surface area contributed by atoms with E-state index < -0.39 is 6.04 Å². The number of rotatable bonds is 17. The number of piperidine rings is 2. The monoisotopic (exact) mass is 1080 g/mol. The number of nitrogens with one attached hydrogen (secondary N) is 2. The number of aliphatic hydroxyl groups is 2. The molecule has 2 fully saturated rings. The maximum atomic E-state index is 12.2. The summed E-state index contributed by atoms with van der Waals surface area (Å²) in [5, 5.41) is 22.9. The van der Waals surface area contributed by atoms with Crippen LogP contribution in [0.15, 0.2) is 79.0 Å². The Labute approximate surface area is 459 Å². The van der Waals surface area contributed by atoms with Gasteiger partial charge in [0.1, 0.15) is 29.1 Å².